The Kier molecular flexibility index (Phi) is 4.01. The minimum absolute atomic E-state index is 0.00132. The Labute approximate surface area is 122 Å². The number of rotatable bonds is 5. The summed E-state index contributed by atoms with van der Waals surface area (Å²) >= 11 is 5.72. The largest absolute Gasteiger partial charge is 0.212 e. The molecule has 19 heavy (non-hydrogen) atoms. The van der Waals surface area contributed by atoms with E-state index in [0.29, 0.717) is 11.8 Å². The Hall–Kier alpha value is 0.200. The SMILES string of the molecule is CC(CCl)CS(=O)(=O)NC1CC2CCC1(C)C2(C)C. The first-order chi connectivity index (χ1) is 8.62. The fourth-order valence-corrected chi connectivity index (χ4v) is 6.06. The van der Waals surface area contributed by atoms with Crippen molar-refractivity contribution in [1.29, 1.82) is 0 Å². The van der Waals surface area contributed by atoms with Crippen LogP contribution in [0.3, 0.4) is 0 Å². The summed E-state index contributed by atoms with van der Waals surface area (Å²) in [5.41, 5.74) is 0.327. The molecule has 0 aromatic heterocycles. The molecule has 0 aliphatic heterocycles. The predicted octanol–water partition coefficient (Wildman–Crippen LogP) is 3.00. The van der Waals surface area contributed by atoms with Gasteiger partial charge >= 0.3 is 0 Å². The lowest BCUT2D eigenvalue weighted by atomic mass is 9.69. The molecule has 112 valence electrons. The third kappa shape index (κ3) is 2.56. The molecule has 0 radical (unpaired) electrons. The van der Waals surface area contributed by atoms with Crippen LogP contribution in [0.15, 0.2) is 0 Å². The van der Waals surface area contributed by atoms with E-state index in [1.807, 2.05) is 6.92 Å². The maximum absolute atomic E-state index is 12.2. The number of hydrogen-bond acceptors (Lipinski definition) is 2. The molecule has 2 rings (SSSR count). The zero-order valence-corrected chi connectivity index (χ0v) is 13.9. The van der Waals surface area contributed by atoms with Gasteiger partial charge in [0.15, 0.2) is 0 Å². The topological polar surface area (TPSA) is 46.2 Å². The number of nitrogens with one attached hydrogen (secondary N) is 1. The van der Waals surface area contributed by atoms with Crippen molar-refractivity contribution < 1.29 is 8.42 Å². The number of fused-ring (bicyclic) bond motifs is 2. The molecule has 3 nitrogen and oxygen atoms in total. The van der Waals surface area contributed by atoms with Crippen molar-refractivity contribution in [3.05, 3.63) is 0 Å². The van der Waals surface area contributed by atoms with Crippen molar-refractivity contribution in [2.45, 2.75) is 53.0 Å². The van der Waals surface area contributed by atoms with Crippen LogP contribution in [-0.4, -0.2) is 26.1 Å². The van der Waals surface area contributed by atoms with Crippen molar-refractivity contribution in [3.8, 4) is 0 Å². The Balaban J connectivity index is 2.10. The van der Waals surface area contributed by atoms with Gasteiger partial charge in [-0.25, -0.2) is 13.1 Å². The van der Waals surface area contributed by atoms with E-state index in [2.05, 4.69) is 25.5 Å². The van der Waals surface area contributed by atoms with E-state index in [9.17, 15) is 8.42 Å². The molecule has 4 atom stereocenters. The van der Waals surface area contributed by atoms with Gasteiger partial charge in [-0.1, -0.05) is 27.7 Å². The summed E-state index contributed by atoms with van der Waals surface area (Å²) in [5.74, 6) is 1.17. The van der Waals surface area contributed by atoms with Crippen LogP contribution < -0.4 is 4.72 Å². The van der Waals surface area contributed by atoms with Gasteiger partial charge in [-0.15, -0.1) is 11.6 Å². The van der Waals surface area contributed by atoms with Crippen molar-refractivity contribution >= 4 is 21.6 Å². The van der Waals surface area contributed by atoms with Crippen LogP contribution in [0.4, 0.5) is 0 Å². The molecule has 2 bridgehead atoms. The zero-order chi connectivity index (χ0) is 14.5. The summed E-state index contributed by atoms with van der Waals surface area (Å²) in [5, 5.41) is 0. The van der Waals surface area contributed by atoms with Crippen LogP contribution in [0, 0.1) is 22.7 Å². The highest BCUT2D eigenvalue weighted by Gasteiger charge is 2.61. The van der Waals surface area contributed by atoms with Gasteiger partial charge in [0.25, 0.3) is 0 Å². The van der Waals surface area contributed by atoms with E-state index >= 15 is 0 Å². The summed E-state index contributed by atoms with van der Waals surface area (Å²) in [7, 11) is -3.22. The predicted molar refractivity (Wildman–Crippen MR) is 79.8 cm³/mol. The Bertz CT molecular complexity index is 448. The molecular formula is C14H26ClNO2S. The standard InChI is InChI=1S/C14H26ClNO2S/c1-10(8-15)9-19(17,18)16-12-7-11-5-6-14(12,4)13(11,2)3/h10-12,16H,5-9H2,1-4H3. The zero-order valence-electron chi connectivity index (χ0n) is 12.4. The Morgan fingerprint density at radius 3 is 2.42 bits per heavy atom. The molecule has 0 spiro atoms. The van der Waals surface area contributed by atoms with Gasteiger partial charge in [0, 0.05) is 11.9 Å². The van der Waals surface area contributed by atoms with E-state index in [0.717, 1.165) is 12.8 Å². The quantitative estimate of drug-likeness (QED) is 0.794. The van der Waals surface area contributed by atoms with Gasteiger partial charge in [0.1, 0.15) is 0 Å². The third-order valence-electron chi connectivity index (χ3n) is 5.88. The fourth-order valence-electron chi connectivity index (χ4n) is 4.07. The molecule has 0 heterocycles. The minimum atomic E-state index is -3.22. The van der Waals surface area contributed by atoms with Gasteiger partial charge < -0.3 is 0 Å². The molecule has 4 unspecified atom stereocenters. The molecule has 0 amide bonds. The molecule has 0 saturated heterocycles. The lowest BCUT2D eigenvalue weighted by molar-refractivity contribution is 0.130. The Morgan fingerprint density at radius 1 is 1.37 bits per heavy atom. The van der Waals surface area contributed by atoms with Gasteiger partial charge in [0.2, 0.25) is 10.0 Å². The first-order valence-corrected chi connectivity index (χ1v) is 9.37. The summed E-state index contributed by atoms with van der Waals surface area (Å²) in [4.78, 5) is 0. The average molecular weight is 308 g/mol. The second-order valence-electron chi connectivity index (χ2n) is 7.32. The lowest BCUT2D eigenvalue weighted by Crippen LogP contribution is -2.48. The summed E-state index contributed by atoms with van der Waals surface area (Å²) in [6.45, 7) is 8.71. The molecule has 2 fully saturated rings. The van der Waals surface area contributed by atoms with E-state index < -0.39 is 10.0 Å². The van der Waals surface area contributed by atoms with Gasteiger partial charge in [-0.3, -0.25) is 0 Å². The number of halogens is 1. The van der Waals surface area contributed by atoms with E-state index in [-0.39, 0.29) is 28.5 Å². The molecule has 1 N–H and O–H groups in total. The van der Waals surface area contributed by atoms with Crippen LogP contribution >= 0.6 is 11.6 Å². The Morgan fingerprint density at radius 2 is 2.00 bits per heavy atom. The first-order valence-electron chi connectivity index (χ1n) is 7.18. The number of hydrogen-bond donors (Lipinski definition) is 1. The summed E-state index contributed by atoms with van der Waals surface area (Å²) < 4.78 is 27.4. The van der Waals surface area contributed by atoms with Crippen molar-refractivity contribution in [2.24, 2.45) is 22.7 Å². The van der Waals surface area contributed by atoms with Gasteiger partial charge in [-0.05, 0) is 41.9 Å². The summed E-state index contributed by atoms with van der Waals surface area (Å²) in [6.07, 6.45) is 3.35. The highest BCUT2D eigenvalue weighted by atomic mass is 35.5. The first kappa shape index (κ1) is 15.6. The fraction of sp³-hybridized carbons (Fsp3) is 1.00. The second kappa shape index (κ2) is 4.88. The van der Waals surface area contributed by atoms with Crippen LogP contribution in [0.25, 0.3) is 0 Å². The number of alkyl halides is 1. The molecule has 0 aromatic rings. The van der Waals surface area contributed by atoms with Crippen molar-refractivity contribution in [3.63, 3.8) is 0 Å². The molecule has 2 saturated carbocycles. The molecule has 2 aliphatic carbocycles. The van der Waals surface area contributed by atoms with Crippen molar-refractivity contribution in [1.82, 2.24) is 4.72 Å². The molecular weight excluding hydrogens is 282 g/mol. The van der Waals surface area contributed by atoms with E-state index in [1.54, 1.807) is 0 Å². The van der Waals surface area contributed by atoms with Crippen LogP contribution in [0.1, 0.15) is 47.0 Å². The smallest absolute Gasteiger partial charge is 0.212 e. The van der Waals surface area contributed by atoms with Gasteiger partial charge in [-0.2, -0.15) is 0 Å². The highest BCUT2D eigenvalue weighted by Crippen LogP contribution is 2.65. The normalized spacial score (nSPS) is 38.6. The molecule has 0 aromatic carbocycles. The molecule has 5 heteroatoms. The second-order valence-corrected chi connectivity index (χ2v) is 9.43. The number of sulfonamides is 1. The van der Waals surface area contributed by atoms with E-state index in [4.69, 9.17) is 11.6 Å². The third-order valence-corrected chi connectivity index (χ3v) is 8.06. The van der Waals surface area contributed by atoms with Crippen LogP contribution in [-0.2, 0) is 10.0 Å². The van der Waals surface area contributed by atoms with Crippen molar-refractivity contribution in [2.75, 3.05) is 11.6 Å². The highest BCUT2D eigenvalue weighted by molar-refractivity contribution is 7.89. The van der Waals surface area contributed by atoms with Crippen LogP contribution in [0.2, 0.25) is 0 Å². The minimum Gasteiger partial charge on any atom is -0.212 e. The lowest BCUT2D eigenvalue weighted by Gasteiger charge is -2.39. The monoisotopic (exact) mass is 307 g/mol. The van der Waals surface area contributed by atoms with Gasteiger partial charge in [0.05, 0.1) is 5.75 Å². The average Bonchev–Trinajstić information content (AvgIpc) is 2.60. The summed E-state index contributed by atoms with van der Waals surface area (Å²) in [6, 6.07) is 0.0915. The van der Waals surface area contributed by atoms with E-state index in [1.165, 1.54) is 6.42 Å². The maximum atomic E-state index is 12.2. The van der Waals surface area contributed by atoms with Crippen LogP contribution in [0.5, 0.6) is 0 Å². The maximum Gasteiger partial charge on any atom is 0.212 e. The molecule has 2 aliphatic rings.